The molecule has 0 aliphatic carbocycles. The SMILES string of the molecule is CC/C=C(\C=C(/COC)OC)OCCN1CCN(CCCCCC(c2ccc(F)cc2)c2ccc(F)cc2)CC1. The van der Waals surface area contributed by atoms with E-state index >= 15 is 0 Å². The molecule has 1 saturated heterocycles. The molecule has 1 aliphatic rings. The first-order valence-electron chi connectivity index (χ1n) is 14.5. The molecule has 7 heteroatoms. The molecule has 0 amide bonds. The van der Waals surface area contributed by atoms with Crippen LogP contribution in [0, 0.1) is 11.6 Å². The number of unbranched alkanes of at least 4 members (excludes halogenated alkanes) is 2. The smallest absolute Gasteiger partial charge is 0.125 e. The Kier molecular flexibility index (Phi) is 14.2. The number of nitrogens with zero attached hydrogens (tertiary/aromatic N) is 2. The third-order valence-corrected chi connectivity index (χ3v) is 7.41. The number of allylic oxidation sites excluding steroid dienone is 2. The number of halogens is 2. The maximum atomic E-state index is 13.5. The molecule has 1 fully saturated rings. The van der Waals surface area contributed by atoms with Crippen molar-refractivity contribution in [3.8, 4) is 0 Å². The van der Waals surface area contributed by atoms with Crippen molar-refractivity contribution in [2.75, 3.05) is 66.7 Å². The molecule has 3 rings (SSSR count). The van der Waals surface area contributed by atoms with E-state index in [0.717, 1.165) is 94.0 Å². The van der Waals surface area contributed by atoms with Crippen molar-refractivity contribution in [3.63, 3.8) is 0 Å². The molecular formula is C33H46F2N2O3. The van der Waals surface area contributed by atoms with Gasteiger partial charge in [0, 0.05) is 51.8 Å². The summed E-state index contributed by atoms with van der Waals surface area (Å²) in [6.45, 7) is 9.43. The highest BCUT2D eigenvalue weighted by atomic mass is 19.1. The summed E-state index contributed by atoms with van der Waals surface area (Å²) in [5.74, 6) is 1.26. The summed E-state index contributed by atoms with van der Waals surface area (Å²) < 4.78 is 43.5. The lowest BCUT2D eigenvalue weighted by molar-refractivity contribution is 0.101. The van der Waals surface area contributed by atoms with Crippen LogP contribution in [0.5, 0.6) is 0 Å². The number of methoxy groups -OCH3 is 2. The van der Waals surface area contributed by atoms with Gasteiger partial charge in [-0.15, -0.1) is 0 Å². The maximum Gasteiger partial charge on any atom is 0.125 e. The lowest BCUT2D eigenvalue weighted by Gasteiger charge is -2.34. The van der Waals surface area contributed by atoms with Crippen molar-refractivity contribution >= 4 is 0 Å². The van der Waals surface area contributed by atoms with Crippen molar-refractivity contribution < 1.29 is 23.0 Å². The van der Waals surface area contributed by atoms with Crippen LogP contribution in [0.15, 0.2) is 72.2 Å². The van der Waals surface area contributed by atoms with Crippen LogP contribution in [0.2, 0.25) is 0 Å². The van der Waals surface area contributed by atoms with Gasteiger partial charge >= 0.3 is 0 Å². The third-order valence-electron chi connectivity index (χ3n) is 7.41. The number of ether oxygens (including phenoxy) is 3. The van der Waals surface area contributed by atoms with Gasteiger partial charge in [-0.1, -0.05) is 44.0 Å². The van der Waals surface area contributed by atoms with E-state index in [2.05, 4.69) is 22.8 Å². The van der Waals surface area contributed by atoms with E-state index in [1.807, 2.05) is 30.3 Å². The van der Waals surface area contributed by atoms with Crippen LogP contribution in [0.3, 0.4) is 0 Å². The fraction of sp³-hybridized carbons (Fsp3) is 0.515. The Hall–Kier alpha value is -2.74. The molecule has 2 aromatic rings. The van der Waals surface area contributed by atoms with Crippen molar-refractivity contribution in [1.82, 2.24) is 9.80 Å². The van der Waals surface area contributed by atoms with Crippen LogP contribution in [0.25, 0.3) is 0 Å². The van der Waals surface area contributed by atoms with Crippen molar-refractivity contribution in [3.05, 3.63) is 95.0 Å². The summed E-state index contributed by atoms with van der Waals surface area (Å²) in [6, 6.07) is 13.4. The third kappa shape index (κ3) is 11.0. The second-order valence-electron chi connectivity index (χ2n) is 10.3. The first-order valence-corrected chi connectivity index (χ1v) is 14.5. The predicted molar refractivity (Wildman–Crippen MR) is 157 cm³/mol. The lowest BCUT2D eigenvalue weighted by atomic mass is 9.87. The van der Waals surface area contributed by atoms with Crippen molar-refractivity contribution in [2.45, 2.75) is 44.9 Å². The van der Waals surface area contributed by atoms with Gasteiger partial charge in [-0.3, -0.25) is 4.90 Å². The largest absolute Gasteiger partial charge is 0.499 e. The molecule has 40 heavy (non-hydrogen) atoms. The fourth-order valence-corrected chi connectivity index (χ4v) is 5.13. The number of benzene rings is 2. The monoisotopic (exact) mass is 556 g/mol. The summed E-state index contributed by atoms with van der Waals surface area (Å²) in [4.78, 5) is 5.02. The summed E-state index contributed by atoms with van der Waals surface area (Å²) in [5, 5.41) is 0. The molecule has 0 atom stereocenters. The zero-order valence-corrected chi connectivity index (χ0v) is 24.4. The minimum atomic E-state index is -0.233. The van der Waals surface area contributed by atoms with Gasteiger partial charge in [-0.05, 0) is 67.3 Å². The van der Waals surface area contributed by atoms with Gasteiger partial charge in [0.25, 0.3) is 0 Å². The number of piperazine rings is 1. The first kappa shape index (κ1) is 31.8. The summed E-state index contributed by atoms with van der Waals surface area (Å²) in [7, 11) is 3.30. The minimum Gasteiger partial charge on any atom is -0.499 e. The van der Waals surface area contributed by atoms with Crippen molar-refractivity contribution in [1.29, 1.82) is 0 Å². The number of hydrogen-bond donors (Lipinski definition) is 0. The van der Waals surface area contributed by atoms with Gasteiger partial charge < -0.3 is 19.1 Å². The van der Waals surface area contributed by atoms with E-state index in [-0.39, 0.29) is 17.6 Å². The van der Waals surface area contributed by atoms with Crippen LogP contribution in [0.4, 0.5) is 8.78 Å². The number of hydrogen-bond acceptors (Lipinski definition) is 5. The second kappa shape index (κ2) is 17.8. The molecule has 0 aromatic heterocycles. The zero-order valence-electron chi connectivity index (χ0n) is 24.4. The van der Waals surface area contributed by atoms with Gasteiger partial charge in [-0.25, -0.2) is 8.78 Å². The second-order valence-corrected chi connectivity index (χ2v) is 10.3. The quantitative estimate of drug-likeness (QED) is 0.122. The molecular weight excluding hydrogens is 510 g/mol. The van der Waals surface area contributed by atoms with E-state index < -0.39 is 0 Å². The topological polar surface area (TPSA) is 34.2 Å². The van der Waals surface area contributed by atoms with Crippen LogP contribution in [0.1, 0.15) is 56.1 Å². The Bertz CT molecular complexity index is 987. The van der Waals surface area contributed by atoms with Gasteiger partial charge in [0.05, 0.1) is 7.11 Å². The van der Waals surface area contributed by atoms with Crippen LogP contribution >= 0.6 is 0 Å². The average molecular weight is 557 g/mol. The first-order chi connectivity index (χ1) is 19.5. The highest BCUT2D eigenvalue weighted by Gasteiger charge is 2.17. The maximum absolute atomic E-state index is 13.5. The highest BCUT2D eigenvalue weighted by Crippen LogP contribution is 2.30. The van der Waals surface area contributed by atoms with Crippen LogP contribution in [-0.2, 0) is 14.2 Å². The van der Waals surface area contributed by atoms with E-state index in [0.29, 0.717) is 13.2 Å². The van der Waals surface area contributed by atoms with Gasteiger partial charge in [-0.2, -0.15) is 0 Å². The molecule has 1 aliphatic heterocycles. The molecule has 0 N–H and O–H groups in total. The van der Waals surface area contributed by atoms with Crippen molar-refractivity contribution in [2.24, 2.45) is 0 Å². The lowest BCUT2D eigenvalue weighted by Crippen LogP contribution is -2.47. The summed E-state index contributed by atoms with van der Waals surface area (Å²) in [5.41, 5.74) is 2.16. The Morgan fingerprint density at radius 3 is 1.93 bits per heavy atom. The molecule has 0 bridgehead atoms. The van der Waals surface area contributed by atoms with Crippen LogP contribution < -0.4 is 0 Å². The molecule has 0 unspecified atom stereocenters. The zero-order chi connectivity index (χ0) is 28.6. The molecule has 1 heterocycles. The fourth-order valence-electron chi connectivity index (χ4n) is 5.13. The Morgan fingerprint density at radius 1 is 0.825 bits per heavy atom. The summed E-state index contributed by atoms with van der Waals surface area (Å²) >= 11 is 0. The Labute approximate surface area is 239 Å². The van der Waals surface area contributed by atoms with Gasteiger partial charge in [0.1, 0.15) is 36.4 Å². The van der Waals surface area contributed by atoms with E-state index in [4.69, 9.17) is 14.2 Å². The van der Waals surface area contributed by atoms with E-state index in [9.17, 15) is 8.78 Å². The van der Waals surface area contributed by atoms with E-state index in [1.165, 1.54) is 24.3 Å². The average Bonchev–Trinajstić information content (AvgIpc) is 2.97. The molecule has 2 aromatic carbocycles. The highest BCUT2D eigenvalue weighted by molar-refractivity contribution is 5.32. The van der Waals surface area contributed by atoms with E-state index in [1.54, 1.807) is 14.2 Å². The molecule has 220 valence electrons. The standard InChI is InChI=1S/C33H46F2N2O3/c1-4-8-31(25-32(39-3)26-38-2)40-24-23-37-21-19-36(20-22-37)18-7-5-6-9-33(27-10-14-29(34)15-11-27)28-12-16-30(35)17-13-28/h8,10-17,25,33H,4-7,9,18-24,26H2,1-3H3/b31-8+,32-25+. The van der Waals surface area contributed by atoms with Gasteiger partial charge in [0.15, 0.2) is 0 Å². The molecule has 0 spiro atoms. The molecule has 0 radical (unpaired) electrons. The minimum absolute atomic E-state index is 0.149. The molecule has 0 saturated carbocycles. The summed E-state index contributed by atoms with van der Waals surface area (Å²) in [6.07, 6.45) is 9.21. The van der Waals surface area contributed by atoms with Crippen LogP contribution in [-0.4, -0.2) is 76.5 Å². The van der Waals surface area contributed by atoms with Gasteiger partial charge in [0.2, 0.25) is 0 Å². The normalized spacial score (nSPS) is 15.6. The number of rotatable bonds is 17. The Balaban J connectivity index is 1.35. The Morgan fingerprint density at radius 2 is 1.40 bits per heavy atom. The predicted octanol–water partition coefficient (Wildman–Crippen LogP) is 6.76. The molecule has 5 nitrogen and oxygen atoms in total.